The zero-order valence-electron chi connectivity index (χ0n) is 8.70. The molecule has 0 spiro atoms. The molecule has 0 aliphatic carbocycles. The van der Waals surface area contributed by atoms with Crippen molar-refractivity contribution in [3.8, 4) is 0 Å². The van der Waals surface area contributed by atoms with Crippen LogP contribution >= 0.6 is 27.3 Å². The second-order valence-electron chi connectivity index (χ2n) is 3.93. The molecule has 2 atom stereocenters. The molecule has 1 fully saturated rings. The van der Waals surface area contributed by atoms with Gasteiger partial charge in [0.25, 0.3) is 0 Å². The molecule has 2 unspecified atom stereocenters. The highest BCUT2D eigenvalue weighted by atomic mass is 79.9. The highest BCUT2D eigenvalue weighted by Gasteiger charge is 2.19. The number of thiazole rings is 1. The van der Waals surface area contributed by atoms with Gasteiger partial charge in [0.15, 0.2) is 5.13 Å². The smallest absolute Gasteiger partial charge is 0.183 e. The number of aromatic nitrogens is 1. The van der Waals surface area contributed by atoms with Crippen molar-refractivity contribution in [1.82, 2.24) is 4.98 Å². The second kappa shape index (κ2) is 5.27. The summed E-state index contributed by atoms with van der Waals surface area (Å²) in [6.07, 6.45) is 2.72. The minimum Gasteiger partial charge on any atom is -0.378 e. The van der Waals surface area contributed by atoms with E-state index in [1.165, 1.54) is 0 Å². The summed E-state index contributed by atoms with van der Waals surface area (Å²) in [7, 11) is 0. The molecule has 84 valence electrons. The Morgan fingerprint density at radius 1 is 1.73 bits per heavy atom. The zero-order chi connectivity index (χ0) is 10.7. The van der Waals surface area contributed by atoms with E-state index in [4.69, 9.17) is 4.74 Å². The Labute approximate surface area is 102 Å². The molecule has 1 aromatic heterocycles. The van der Waals surface area contributed by atoms with Crippen LogP contribution in [-0.4, -0.2) is 24.2 Å². The molecular formula is C10H15BrN2OS. The molecule has 1 N–H and O–H groups in total. The molecule has 1 aliphatic rings. The lowest BCUT2D eigenvalue weighted by Crippen LogP contribution is -2.27. The van der Waals surface area contributed by atoms with Crippen molar-refractivity contribution in [1.29, 1.82) is 0 Å². The molecule has 0 aromatic carbocycles. The lowest BCUT2D eigenvalue weighted by Gasteiger charge is -2.27. The van der Waals surface area contributed by atoms with Crippen LogP contribution in [0.25, 0.3) is 0 Å². The Hall–Kier alpha value is -0.130. The van der Waals surface area contributed by atoms with Crippen LogP contribution in [0.2, 0.25) is 0 Å². The molecule has 5 heteroatoms. The van der Waals surface area contributed by atoms with E-state index in [0.29, 0.717) is 6.10 Å². The molecule has 1 aliphatic heterocycles. The van der Waals surface area contributed by atoms with E-state index in [0.717, 1.165) is 41.6 Å². The molecule has 0 radical (unpaired) electrons. The number of anilines is 1. The number of hydrogen-bond donors (Lipinski definition) is 1. The van der Waals surface area contributed by atoms with Gasteiger partial charge in [-0.05, 0) is 41.6 Å². The van der Waals surface area contributed by atoms with Crippen LogP contribution in [0.1, 0.15) is 19.8 Å². The van der Waals surface area contributed by atoms with E-state index in [2.05, 4.69) is 33.2 Å². The zero-order valence-corrected chi connectivity index (χ0v) is 11.1. The van der Waals surface area contributed by atoms with Gasteiger partial charge in [-0.3, -0.25) is 0 Å². The van der Waals surface area contributed by atoms with Gasteiger partial charge in [-0.15, -0.1) is 11.3 Å². The standard InChI is InChI=1S/C10H15BrN2OS/c1-7-4-8(2-3-14-7)5-12-10-13-9(11)6-15-10/h6-8H,2-5H2,1H3,(H,12,13). The molecule has 3 nitrogen and oxygen atoms in total. The van der Waals surface area contributed by atoms with Gasteiger partial charge in [-0.1, -0.05) is 0 Å². The van der Waals surface area contributed by atoms with Crippen LogP contribution in [0.4, 0.5) is 5.13 Å². The first-order valence-corrected chi connectivity index (χ1v) is 6.88. The van der Waals surface area contributed by atoms with E-state index in [9.17, 15) is 0 Å². The summed E-state index contributed by atoms with van der Waals surface area (Å²) < 4.78 is 6.43. The van der Waals surface area contributed by atoms with Gasteiger partial charge in [0.1, 0.15) is 4.60 Å². The molecule has 0 bridgehead atoms. The summed E-state index contributed by atoms with van der Waals surface area (Å²) in [5.41, 5.74) is 0. The Morgan fingerprint density at radius 2 is 2.60 bits per heavy atom. The Kier molecular flexibility index (Phi) is 3.99. The Morgan fingerprint density at radius 3 is 3.27 bits per heavy atom. The molecular weight excluding hydrogens is 276 g/mol. The maximum Gasteiger partial charge on any atom is 0.183 e. The molecule has 0 amide bonds. The summed E-state index contributed by atoms with van der Waals surface area (Å²) in [6.45, 7) is 4.05. The van der Waals surface area contributed by atoms with Gasteiger partial charge in [-0.2, -0.15) is 0 Å². The van der Waals surface area contributed by atoms with Crippen molar-refractivity contribution in [2.24, 2.45) is 5.92 Å². The minimum absolute atomic E-state index is 0.411. The predicted octanol–water partition coefficient (Wildman–Crippen LogP) is 3.13. The van der Waals surface area contributed by atoms with Crippen molar-refractivity contribution in [3.05, 3.63) is 9.98 Å². The monoisotopic (exact) mass is 290 g/mol. The lowest BCUT2D eigenvalue weighted by atomic mass is 9.96. The van der Waals surface area contributed by atoms with Crippen molar-refractivity contribution >= 4 is 32.4 Å². The first-order valence-electron chi connectivity index (χ1n) is 5.20. The highest BCUT2D eigenvalue weighted by Crippen LogP contribution is 2.23. The van der Waals surface area contributed by atoms with Crippen LogP contribution in [-0.2, 0) is 4.74 Å². The fourth-order valence-corrected chi connectivity index (χ4v) is 3.00. The van der Waals surface area contributed by atoms with Gasteiger partial charge in [-0.25, -0.2) is 4.98 Å². The van der Waals surface area contributed by atoms with Gasteiger partial charge in [0.05, 0.1) is 6.10 Å². The normalized spacial score (nSPS) is 26.5. The third-order valence-corrected chi connectivity index (χ3v) is 4.12. The first-order chi connectivity index (χ1) is 7.24. The predicted molar refractivity (Wildman–Crippen MR) is 66.4 cm³/mol. The summed E-state index contributed by atoms with van der Waals surface area (Å²) in [6, 6.07) is 0. The molecule has 2 heterocycles. The molecule has 1 saturated heterocycles. The van der Waals surface area contributed by atoms with Gasteiger partial charge >= 0.3 is 0 Å². The van der Waals surface area contributed by atoms with Gasteiger partial charge in [0, 0.05) is 18.5 Å². The fraction of sp³-hybridized carbons (Fsp3) is 0.700. The van der Waals surface area contributed by atoms with E-state index in [1.807, 2.05) is 5.38 Å². The topological polar surface area (TPSA) is 34.2 Å². The number of hydrogen-bond acceptors (Lipinski definition) is 4. The van der Waals surface area contributed by atoms with Crippen molar-refractivity contribution < 1.29 is 4.74 Å². The fourth-order valence-electron chi connectivity index (χ4n) is 1.84. The average Bonchev–Trinajstić information content (AvgIpc) is 2.62. The van der Waals surface area contributed by atoms with E-state index in [-0.39, 0.29) is 0 Å². The van der Waals surface area contributed by atoms with Crippen LogP contribution < -0.4 is 5.32 Å². The number of halogens is 1. The van der Waals surface area contributed by atoms with Crippen LogP contribution in [0.15, 0.2) is 9.98 Å². The van der Waals surface area contributed by atoms with E-state index >= 15 is 0 Å². The lowest BCUT2D eigenvalue weighted by molar-refractivity contribution is 0.00558. The molecule has 2 rings (SSSR count). The van der Waals surface area contributed by atoms with Crippen molar-refractivity contribution in [2.75, 3.05) is 18.5 Å². The van der Waals surface area contributed by atoms with E-state index in [1.54, 1.807) is 11.3 Å². The minimum atomic E-state index is 0.411. The summed E-state index contributed by atoms with van der Waals surface area (Å²) >= 11 is 4.99. The van der Waals surface area contributed by atoms with Crippen molar-refractivity contribution in [3.63, 3.8) is 0 Å². The highest BCUT2D eigenvalue weighted by molar-refractivity contribution is 9.10. The Balaban J connectivity index is 1.77. The second-order valence-corrected chi connectivity index (χ2v) is 5.60. The average molecular weight is 291 g/mol. The van der Waals surface area contributed by atoms with Gasteiger partial charge in [0.2, 0.25) is 0 Å². The third-order valence-electron chi connectivity index (χ3n) is 2.61. The molecule has 15 heavy (non-hydrogen) atoms. The first kappa shape index (κ1) is 11.4. The van der Waals surface area contributed by atoms with Crippen LogP contribution in [0.3, 0.4) is 0 Å². The number of rotatable bonds is 3. The van der Waals surface area contributed by atoms with Gasteiger partial charge < -0.3 is 10.1 Å². The van der Waals surface area contributed by atoms with Crippen LogP contribution in [0, 0.1) is 5.92 Å². The van der Waals surface area contributed by atoms with Crippen LogP contribution in [0.5, 0.6) is 0 Å². The third kappa shape index (κ3) is 3.43. The molecule has 1 aromatic rings. The number of ether oxygens (including phenoxy) is 1. The number of nitrogens with one attached hydrogen (secondary N) is 1. The summed E-state index contributed by atoms with van der Waals surface area (Å²) in [4.78, 5) is 4.31. The maximum atomic E-state index is 5.52. The SMILES string of the molecule is CC1CC(CNc2nc(Br)cs2)CCO1. The summed E-state index contributed by atoms with van der Waals surface area (Å²) in [5.74, 6) is 0.719. The maximum absolute atomic E-state index is 5.52. The Bertz CT molecular complexity index is 318. The number of nitrogens with zero attached hydrogens (tertiary/aromatic N) is 1. The van der Waals surface area contributed by atoms with Crippen molar-refractivity contribution in [2.45, 2.75) is 25.9 Å². The van der Waals surface area contributed by atoms with E-state index < -0.39 is 0 Å². The quantitative estimate of drug-likeness (QED) is 0.929. The molecule has 0 saturated carbocycles. The largest absolute Gasteiger partial charge is 0.378 e. The summed E-state index contributed by atoms with van der Waals surface area (Å²) in [5, 5.41) is 6.37.